The molecule has 0 aromatic carbocycles. The molecular formula is C15H16N5O2+. The highest BCUT2D eigenvalue weighted by Gasteiger charge is 2.22. The van der Waals surface area contributed by atoms with Gasteiger partial charge in [-0.3, -0.25) is 10.1 Å². The maximum absolute atomic E-state index is 11.3. The normalized spacial score (nSPS) is 10.8. The van der Waals surface area contributed by atoms with Crippen LogP contribution in [0.2, 0.25) is 0 Å². The zero-order valence-electron chi connectivity index (χ0n) is 12.1. The van der Waals surface area contributed by atoms with Gasteiger partial charge >= 0.3 is 5.69 Å². The number of anilines is 1. The van der Waals surface area contributed by atoms with Crippen molar-refractivity contribution in [2.24, 2.45) is 7.05 Å². The standard InChI is InChI=1S/C15H16N5O2/c1-18-10-6-12(7-11-18)5-8-16-15-14(20(21)22)13-4-2-3-9-19(13)17-15/h2-4,6-7,9-11H,5,8H2,1H3,(H,16,17)/q+1. The van der Waals surface area contributed by atoms with Gasteiger partial charge in [-0.25, -0.2) is 9.08 Å². The summed E-state index contributed by atoms with van der Waals surface area (Å²) in [5.74, 6) is 0.303. The van der Waals surface area contributed by atoms with E-state index in [9.17, 15) is 10.1 Å². The number of nitrogens with one attached hydrogen (secondary N) is 1. The summed E-state index contributed by atoms with van der Waals surface area (Å²) in [7, 11) is 1.96. The summed E-state index contributed by atoms with van der Waals surface area (Å²) in [6, 6.07) is 9.29. The van der Waals surface area contributed by atoms with Crippen LogP contribution >= 0.6 is 0 Å². The number of fused-ring (bicyclic) bond motifs is 1. The number of rotatable bonds is 5. The highest BCUT2D eigenvalue weighted by atomic mass is 16.6. The molecule has 0 saturated carbocycles. The lowest BCUT2D eigenvalue weighted by Gasteiger charge is -2.02. The van der Waals surface area contributed by atoms with Crippen LogP contribution in [-0.4, -0.2) is 21.1 Å². The van der Waals surface area contributed by atoms with Crippen LogP contribution in [0, 0.1) is 10.1 Å². The van der Waals surface area contributed by atoms with Crippen molar-refractivity contribution in [1.29, 1.82) is 0 Å². The Morgan fingerprint density at radius 1 is 1.32 bits per heavy atom. The van der Waals surface area contributed by atoms with Crippen LogP contribution < -0.4 is 9.88 Å². The molecule has 0 spiro atoms. The molecule has 0 amide bonds. The van der Waals surface area contributed by atoms with Crippen molar-refractivity contribution in [2.75, 3.05) is 11.9 Å². The monoisotopic (exact) mass is 298 g/mol. The summed E-state index contributed by atoms with van der Waals surface area (Å²) >= 11 is 0. The summed E-state index contributed by atoms with van der Waals surface area (Å²) in [6.07, 6.45) is 6.42. The summed E-state index contributed by atoms with van der Waals surface area (Å²) < 4.78 is 3.48. The first kappa shape index (κ1) is 14.0. The molecule has 3 rings (SSSR count). The van der Waals surface area contributed by atoms with Gasteiger partial charge in [0.05, 0.1) is 4.92 Å². The molecule has 3 aromatic rings. The molecular weight excluding hydrogens is 282 g/mol. The van der Waals surface area contributed by atoms with Crippen molar-refractivity contribution in [3.05, 3.63) is 64.6 Å². The smallest absolute Gasteiger partial charge is 0.338 e. The molecule has 7 heteroatoms. The van der Waals surface area contributed by atoms with Crippen molar-refractivity contribution in [2.45, 2.75) is 6.42 Å². The van der Waals surface area contributed by atoms with Gasteiger partial charge in [0.15, 0.2) is 12.4 Å². The van der Waals surface area contributed by atoms with E-state index in [-0.39, 0.29) is 5.69 Å². The average Bonchev–Trinajstić information content (AvgIpc) is 2.87. The molecule has 0 fully saturated rings. The Morgan fingerprint density at radius 2 is 2.09 bits per heavy atom. The fourth-order valence-corrected chi connectivity index (χ4v) is 2.31. The predicted octanol–water partition coefficient (Wildman–Crippen LogP) is 1.72. The SMILES string of the molecule is C[n+]1ccc(CCNc2nn3ccccc3c2[N+](=O)[O-])cc1. The third kappa shape index (κ3) is 2.73. The first-order valence-electron chi connectivity index (χ1n) is 6.95. The van der Waals surface area contributed by atoms with Gasteiger partial charge in [-0.05, 0) is 24.1 Å². The summed E-state index contributed by atoms with van der Waals surface area (Å²) in [5, 5.41) is 18.6. The fourth-order valence-electron chi connectivity index (χ4n) is 2.31. The quantitative estimate of drug-likeness (QED) is 0.442. The van der Waals surface area contributed by atoms with Crippen LogP contribution in [0.3, 0.4) is 0 Å². The Labute approximate surface area is 127 Å². The summed E-state index contributed by atoms with van der Waals surface area (Å²) in [6.45, 7) is 0.582. The van der Waals surface area contributed by atoms with Gasteiger partial charge in [0.2, 0.25) is 5.82 Å². The number of pyridine rings is 2. The predicted molar refractivity (Wildman–Crippen MR) is 81.7 cm³/mol. The van der Waals surface area contributed by atoms with Gasteiger partial charge in [-0.1, -0.05) is 6.07 Å². The minimum Gasteiger partial charge on any atom is -0.362 e. The van der Waals surface area contributed by atoms with E-state index in [1.165, 1.54) is 4.52 Å². The second-order valence-electron chi connectivity index (χ2n) is 5.03. The Hall–Kier alpha value is -2.96. The molecule has 0 radical (unpaired) electrons. The van der Waals surface area contributed by atoms with Gasteiger partial charge in [0, 0.05) is 24.9 Å². The molecule has 0 bridgehead atoms. The number of aromatic nitrogens is 3. The molecule has 0 aliphatic rings. The third-order valence-electron chi connectivity index (χ3n) is 3.45. The Bertz CT molecular complexity index is 810. The van der Waals surface area contributed by atoms with Crippen LogP contribution in [0.4, 0.5) is 11.5 Å². The second-order valence-corrected chi connectivity index (χ2v) is 5.03. The van der Waals surface area contributed by atoms with E-state index in [0.717, 1.165) is 12.0 Å². The highest BCUT2D eigenvalue weighted by Crippen LogP contribution is 2.28. The van der Waals surface area contributed by atoms with Crippen LogP contribution in [0.15, 0.2) is 48.9 Å². The van der Waals surface area contributed by atoms with Crippen LogP contribution in [0.25, 0.3) is 5.52 Å². The molecule has 0 aliphatic heterocycles. The van der Waals surface area contributed by atoms with E-state index >= 15 is 0 Å². The Balaban J connectivity index is 1.77. The average molecular weight is 298 g/mol. The Morgan fingerprint density at radius 3 is 2.82 bits per heavy atom. The van der Waals surface area contributed by atoms with Gasteiger partial charge < -0.3 is 5.32 Å². The third-order valence-corrected chi connectivity index (χ3v) is 3.45. The van der Waals surface area contributed by atoms with E-state index in [1.807, 2.05) is 36.1 Å². The molecule has 112 valence electrons. The zero-order valence-corrected chi connectivity index (χ0v) is 12.1. The largest absolute Gasteiger partial charge is 0.362 e. The van der Waals surface area contributed by atoms with E-state index in [2.05, 4.69) is 10.4 Å². The number of hydrogen-bond acceptors (Lipinski definition) is 4. The number of aryl methyl sites for hydroxylation is 1. The molecule has 1 N–H and O–H groups in total. The molecule has 3 aromatic heterocycles. The van der Waals surface area contributed by atoms with Crippen molar-refractivity contribution >= 4 is 17.0 Å². The van der Waals surface area contributed by atoms with Crippen LogP contribution in [0.1, 0.15) is 5.56 Å². The first-order valence-corrected chi connectivity index (χ1v) is 6.95. The lowest BCUT2D eigenvalue weighted by Crippen LogP contribution is -2.26. The van der Waals surface area contributed by atoms with Crippen molar-refractivity contribution < 1.29 is 9.49 Å². The molecule has 0 aliphatic carbocycles. The fraction of sp³-hybridized carbons (Fsp3) is 0.200. The van der Waals surface area contributed by atoms with E-state index < -0.39 is 4.92 Å². The molecule has 0 saturated heterocycles. The topological polar surface area (TPSA) is 76.3 Å². The minimum atomic E-state index is -0.396. The molecule has 7 nitrogen and oxygen atoms in total. The number of nitrogens with zero attached hydrogens (tertiary/aromatic N) is 4. The van der Waals surface area contributed by atoms with Gasteiger partial charge in [-0.15, -0.1) is 5.10 Å². The second kappa shape index (κ2) is 5.80. The van der Waals surface area contributed by atoms with E-state index in [1.54, 1.807) is 24.4 Å². The molecule has 22 heavy (non-hydrogen) atoms. The minimum absolute atomic E-state index is 0.0139. The lowest BCUT2D eigenvalue weighted by molar-refractivity contribution is -0.671. The Kier molecular flexibility index (Phi) is 3.69. The molecule has 0 unspecified atom stereocenters. The van der Waals surface area contributed by atoms with E-state index in [4.69, 9.17) is 0 Å². The molecule has 3 heterocycles. The lowest BCUT2D eigenvalue weighted by atomic mass is 10.2. The maximum Gasteiger partial charge on any atom is 0.338 e. The van der Waals surface area contributed by atoms with Crippen LogP contribution in [0.5, 0.6) is 0 Å². The van der Waals surface area contributed by atoms with Crippen LogP contribution in [-0.2, 0) is 13.5 Å². The zero-order chi connectivity index (χ0) is 15.5. The summed E-state index contributed by atoms with van der Waals surface area (Å²) in [5.41, 5.74) is 1.67. The first-order chi connectivity index (χ1) is 10.6. The van der Waals surface area contributed by atoms with Crippen molar-refractivity contribution in [3.8, 4) is 0 Å². The summed E-state index contributed by atoms with van der Waals surface area (Å²) in [4.78, 5) is 10.9. The van der Waals surface area contributed by atoms with Crippen molar-refractivity contribution in [3.63, 3.8) is 0 Å². The number of nitro groups is 1. The van der Waals surface area contributed by atoms with E-state index in [0.29, 0.717) is 17.9 Å². The van der Waals surface area contributed by atoms with Gasteiger partial charge in [0.1, 0.15) is 12.6 Å². The molecule has 0 atom stereocenters. The van der Waals surface area contributed by atoms with Crippen molar-refractivity contribution in [1.82, 2.24) is 9.61 Å². The maximum atomic E-state index is 11.3. The number of hydrogen-bond donors (Lipinski definition) is 1. The highest BCUT2D eigenvalue weighted by molar-refractivity contribution is 5.76. The van der Waals surface area contributed by atoms with Gasteiger partial charge in [0.25, 0.3) is 0 Å². The van der Waals surface area contributed by atoms with Gasteiger partial charge in [-0.2, -0.15) is 0 Å².